The molecular weight excluding hydrogens is 302 g/mol. The van der Waals surface area contributed by atoms with Gasteiger partial charge in [-0.15, -0.1) is 14.5 Å². The van der Waals surface area contributed by atoms with Gasteiger partial charge < -0.3 is 19.3 Å². The minimum atomic E-state index is -1.19. The Morgan fingerprint density at radius 1 is 1.09 bits per heavy atom. The summed E-state index contributed by atoms with van der Waals surface area (Å²) in [5.41, 5.74) is 0.442. The normalized spacial score (nSPS) is 13.2. The summed E-state index contributed by atoms with van der Waals surface area (Å²) in [7, 11) is 4.27. The first-order valence-corrected chi connectivity index (χ1v) is 6.72. The Bertz CT molecular complexity index is 658. The third kappa shape index (κ3) is 3.08. The number of rotatable bonds is 6. The van der Waals surface area contributed by atoms with Crippen molar-refractivity contribution in [3.05, 3.63) is 36.4 Å². The number of para-hydroxylation sites is 1. The SMILES string of the molecule is COC[N+](C(=O)O)(c1ccccc1)c1nc(OC)cc(OC)n1. The third-order valence-electron chi connectivity index (χ3n) is 3.27. The van der Waals surface area contributed by atoms with Crippen LogP contribution in [0.3, 0.4) is 0 Å². The lowest BCUT2D eigenvalue weighted by Gasteiger charge is -2.28. The van der Waals surface area contributed by atoms with E-state index in [1.807, 2.05) is 0 Å². The molecule has 23 heavy (non-hydrogen) atoms. The number of nitrogens with zero attached hydrogens (tertiary/aromatic N) is 3. The van der Waals surface area contributed by atoms with Gasteiger partial charge in [0.05, 0.1) is 20.3 Å². The zero-order valence-electron chi connectivity index (χ0n) is 13.1. The Kier molecular flexibility index (Phi) is 5.09. The lowest BCUT2D eigenvalue weighted by Crippen LogP contribution is -2.51. The Morgan fingerprint density at radius 3 is 2.09 bits per heavy atom. The van der Waals surface area contributed by atoms with Crippen molar-refractivity contribution in [2.45, 2.75) is 0 Å². The van der Waals surface area contributed by atoms with Crippen molar-refractivity contribution in [2.75, 3.05) is 28.1 Å². The number of methoxy groups -OCH3 is 3. The zero-order chi connectivity index (χ0) is 16.9. The van der Waals surface area contributed by atoms with Crippen molar-refractivity contribution in [1.29, 1.82) is 0 Å². The predicted octanol–water partition coefficient (Wildman–Crippen LogP) is 2.41. The molecule has 0 aliphatic heterocycles. The van der Waals surface area contributed by atoms with Crippen molar-refractivity contribution in [2.24, 2.45) is 0 Å². The van der Waals surface area contributed by atoms with Crippen molar-refractivity contribution in [3.8, 4) is 11.8 Å². The second-order valence-electron chi connectivity index (χ2n) is 4.60. The number of amides is 1. The van der Waals surface area contributed by atoms with Gasteiger partial charge in [-0.3, -0.25) is 0 Å². The van der Waals surface area contributed by atoms with Gasteiger partial charge in [0, 0.05) is 19.2 Å². The van der Waals surface area contributed by atoms with Gasteiger partial charge in [-0.05, 0) is 0 Å². The summed E-state index contributed by atoms with van der Waals surface area (Å²) in [5.74, 6) is 0.368. The molecule has 2 rings (SSSR count). The first-order chi connectivity index (χ1) is 11.1. The molecule has 0 radical (unpaired) electrons. The number of benzene rings is 1. The number of carboxylic acid groups (broad SMARTS) is 1. The molecule has 2 aromatic rings. The minimum Gasteiger partial charge on any atom is -0.481 e. The Hall–Kier alpha value is -2.71. The summed E-state index contributed by atoms with van der Waals surface area (Å²) in [5, 5.41) is 9.92. The van der Waals surface area contributed by atoms with E-state index < -0.39 is 10.6 Å². The van der Waals surface area contributed by atoms with Gasteiger partial charge in [-0.1, -0.05) is 18.2 Å². The molecule has 0 spiro atoms. The number of hydrogen-bond donors (Lipinski definition) is 1. The van der Waals surface area contributed by atoms with Crippen LogP contribution in [-0.4, -0.2) is 49.2 Å². The van der Waals surface area contributed by atoms with Gasteiger partial charge in [0.25, 0.3) is 0 Å². The van der Waals surface area contributed by atoms with E-state index in [0.29, 0.717) is 5.69 Å². The lowest BCUT2D eigenvalue weighted by atomic mass is 10.2. The molecule has 0 saturated carbocycles. The second kappa shape index (κ2) is 7.03. The quantitative estimate of drug-likeness (QED) is 0.645. The topological polar surface area (TPSA) is 90.8 Å². The number of carbonyl (C=O) groups is 1. The highest BCUT2D eigenvalue weighted by Gasteiger charge is 2.46. The molecular formula is C15H18N3O5+. The summed E-state index contributed by atoms with van der Waals surface area (Å²) in [6, 6.07) is 10.1. The Morgan fingerprint density at radius 2 is 1.65 bits per heavy atom. The summed E-state index contributed by atoms with van der Waals surface area (Å²) in [4.78, 5) is 20.5. The monoisotopic (exact) mass is 320 g/mol. The minimum absolute atomic E-state index is 0.0262. The number of ether oxygens (including phenoxy) is 3. The van der Waals surface area contributed by atoms with Crippen LogP contribution in [0.5, 0.6) is 11.8 Å². The largest absolute Gasteiger partial charge is 0.528 e. The summed E-state index contributed by atoms with van der Waals surface area (Å²) < 4.78 is 14.6. The van der Waals surface area contributed by atoms with Gasteiger partial charge in [-0.25, -0.2) is 0 Å². The number of aromatic nitrogens is 2. The maximum Gasteiger partial charge on any atom is 0.528 e. The number of quaternary nitrogens is 1. The summed E-state index contributed by atoms with van der Waals surface area (Å²) in [6.45, 7) is -0.199. The van der Waals surface area contributed by atoms with Crippen LogP contribution in [0.2, 0.25) is 0 Å². The first kappa shape index (κ1) is 16.7. The summed E-state index contributed by atoms with van der Waals surface area (Å²) >= 11 is 0. The maximum atomic E-state index is 12.1. The van der Waals surface area contributed by atoms with Gasteiger partial charge in [0.2, 0.25) is 18.5 Å². The zero-order valence-corrected chi connectivity index (χ0v) is 13.1. The Labute approximate surface area is 133 Å². The van der Waals surface area contributed by atoms with Crippen LogP contribution in [0.15, 0.2) is 36.4 Å². The highest BCUT2D eigenvalue weighted by Crippen LogP contribution is 2.34. The fourth-order valence-corrected chi connectivity index (χ4v) is 2.15. The van der Waals surface area contributed by atoms with Crippen molar-refractivity contribution >= 4 is 17.7 Å². The molecule has 1 amide bonds. The van der Waals surface area contributed by atoms with E-state index in [2.05, 4.69) is 9.97 Å². The van der Waals surface area contributed by atoms with Gasteiger partial charge in [0.15, 0.2) is 5.69 Å². The molecule has 0 fully saturated rings. The standard InChI is InChI=1S/C15H17N3O5/c1-21-10-18(15(19)20,11-7-5-4-6-8-11)14-16-12(22-2)9-13(17-14)23-3/h4-9H,10H2,1-3H3/p+1. The average Bonchev–Trinajstić information content (AvgIpc) is 2.59. The van der Waals surface area contributed by atoms with Crippen LogP contribution in [-0.2, 0) is 4.74 Å². The summed E-state index contributed by atoms with van der Waals surface area (Å²) in [6.07, 6.45) is -1.19. The van der Waals surface area contributed by atoms with Crippen LogP contribution >= 0.6 is 0 Å². The van der Waals surface area contributed by atoms with Crippen molar-refractivity contribution in [1.82, 2.24) is 14.5 Å². The van der Waals surface area contributed by atoms with Crippen LogP contribution < -0.4 is 14.0 Å². The third-order valence-corrected chi connectivity index (χ3v) is 3.27. The molecule has 1 N–H and O–H groups in total. The van der Waals surface area contributed by atoms with E-state index in [9.17, 15) is 9.90 Å². The van der Waals surface area contributed by atoms with Crippen molar-refractivity contribution in [3.63, 3.8) is 0 Å². The fourth-order valence-electron chi connectivity index (χ4n) is 2.15. The van der Waals surface area contributed by atoms with Gasteiger partial charge in [0.1, 0.15) is 0 Å². The molecule has 1 aromatic carbocycles. The maximum absolute atomic E-state index is 12.1. The van der Waals surface area contributed by atoms with Crippen LogP contribution in [0.4, 0.5) is 16.4 Å². The molecule has 8 nitrogen and oxygen atoms in total. The molecule has 1 atom stereocenters. The van der Waals surface area contributed by atoms with E-state index in [1.54, 1.807) is 30.3 Å². The van der Waals surface area contributed by atoms with Crippen molar-refractivity contribution < 1.29 is 24.1 Å². The second-order valence-corrected chi connectivity index (χ2v) is 4.60. The molecule has 1 heterocycles. The molecule has 1 unspecified atom stereocenters. The predicted molar refractivity (Wildman–Crippen MR) is 82.9 cm³/mol. The van der Waals surface area contributed by atoms with Gasteiger partial charge >= 0.3 is 12.0 Å². The van der Waals surface area contributed by atoms with E-state index in [4.69, 9.17) is 14.2 Å². The van der Waals surface area contributed by atoms with Gasteiger partial charge in [-0.2, -0.15) is 4.79 Å². The fraction of sp³-hybridized carbons (Fsp3) is 0.267. The first-order valence-electron chi connectivity index (χ1n) is 6.72. The van der Waals surface area contributed by atoms with E-state index in [1.165, 1.54) is 27.4 Å². The smallest absolute Gasteiger partial charge is 0.481 e. The molecule has 0 bridgehead atoms. The molecule has 8 heteroatoms. The molecule has 1 aromatic heterocycles. The van der Waals surface area contributed by atoms with Crippen LogP contribution in [0, 0.1) is 0 Å². The molecule has 0 saturated heterocycles. The van der Waals surface area contributed by atoms with E-state index >= 15 is 0 Å². The highest BCUT2D eigenvalue weighted by molar-refractivity contribution is 5.86. The van der Waals surface area contributed by atoms with E-state index in [0.717, 1.165) is 0 Å². The number of hydrogen-bond acceptors (Lipinski definition) is 6. The Balaban J connectivity index is 2.74. The molecule has 0 aliphatic rings. The molecule has 0 aliphatic carbocycles. The lowest BCUT2D eigenvalue weighted by molar-refractivity contribution is 0.0865. The molecule has 122 valence electrons. The van der Waals surface area contributed by atoms with E-state index in [-0.39, 0.29) is 24.4 Å². The van der Waals surface area contributed by atoms with Crippen LogP contribution in [0.25, 0.3) is 0 Å². The average molecular weight is 320 g/mol. The highest BCUT2D eigenvalue weighted by atomic mass is 16.5. The van der Waals surface area contributed by atoms with Crippen LogP contribution in [0.1, 0.15) is 0 Å².